The number of nitrogens with one attached hydrogen (secondary N) is 1. The second-order valence-electron chi connectivity index (χ2n) is 8.99. The van der Waals surface area contributed by atoms with Crippen LogP contribution in [0.4, 0.5) is 11.4 Å². The van der Waals surface area contributed by atoms with E-state index in [1.165, 1.54) is 16.1 Å². The fourth-order valence-corrected chi connectivity index (χ4v) is 5.88. The SMILES string of the molecule is Cc1ccc(S(=O)(=O)N2CCC(C(=O)OC(C)C(=O)N3CC(=O)Nc4ccccc43)CC2)cc1C. The van der Waals surface area contributed by atoms with Crippen molar-refractivity contribution in [2.45, 2.75) is 44.6 Å². The molecule has 186 valence electrons. The maximum absolute atomic E-state index is 13.0. The fraction of sp³-hybridized carbons (Fsp3) is 0.400. The Bertz CT molecular complexity index is 1270. The van der Waals surface area contributed by atoms with Crippen molar-refractivity contribution < 1.29 is 27.5 Å². The van der Waals surface area contributed by atoms with E-state index in [1.807, 2.05) is 13.8 Å². The van der Waals surface area contributed by atoms with E-state index in [1.54, 1.807) is 42.5 Å². The fourth-order valence-electron chi connectivity index (χ4n) is 4.33. The van der Waals surface area contributed by atoms with Crippen LogP contribution in [0.15, 0.2) is 47.4 Å². The molecule has 4 rings (SSSR count). The lowest BCUT2D eigenvalue weighted by Crippen LogP contribution is -2.47. The summed E-state index contributed by atoms with van der Waals surface area (Å²) in [6.07, 6.45) is -0.476. The number of hydrogen-bond donors (Lipinski definition) is 1. The summed E-state index contributed by atoms with van der Waals surface area (Å²) in [5.74, 6) is -1.86. The Morgan fingerprint density at radius 1 is 1.06 bits per heavy atom. The predicted octanol–water partition coefficient (Wildman–Crippen LogP) is 2.62. The zero-order valence-corrected chi connectivity index (χ0v) is 20.8. The zero-order chi connectivity index (χ0) is 25.3. The number of carbonyl (C=O) groups is 3. The van der Waals surface area contributed by atoms with Crippen LogP contribution in [-0.4, -0.2) is 56.2 Å². The first-order chi connectivity index (χ1) is 16.6. The van der Waals surface area contributed by atoms with Crippen LogP contribution in [-0.2, 0) is 29.1 Å². The molecule has 0 aliphatic carbocycles. The van der Waals surface area contributed by atoms with Crippen molar-refractivity contribution in [3.8, 4) is 0 Å². The number of piperidine rings is 1. The summed E-state index contributed by atoms with van der Waals surface area (Å²) < 4.78 is 32.9. The quantitative estimate of drug-likeness (QED) is 0.633. The molecule has 1 fully saturated rings. The van der Waals surface area contributed by atoms with Gasteiger partial charge in [-0.05, 0) is 69.0 Å². The molecule has 1 atom stereocenters. The molecule has 2 aromatic rings. The van der Waals surface area contributed by atoms with E-state index in [-0.39, 0.29) is 30.4 Å². The van der Waals surface area contributed by atoms with Gasteiger partial charge in [0.2, 0.25) is 15.9 Å². The number of nitrogens with zero attached hydrogens (tertiary/aromatic N) is 2. The molecule has 1 saturated heterocycles. The molecule has 2 aliphatic rings. The first-order valence-electron chi connectivity index (χ1n) is 11.6. The summed E-state index contributed by atoms with van der Waals surface area (Å²) in [4.78, 5) is 39.3. The molecular weight excluding hydrogens is 470 g/mol. The van der Waals surface area contributed by atoms with Gasteiger partial charge in [0.15, 0.2) is 6.10 Å². The number of para-hydroxylation sites is 2. The van der Waals surface area contributed by atoms with Gasteiger partial charge >= 0.3 is 5.97 Å². The molecule has 0 radical (unpaired) electrons. The monoisotopic (exact) mass is 499 g/mol. The van der Waals surface area contributed by atoms with Crippen LogP contribution in [0.25, 0.3) is 0 Å². The van der Waals surface area contributed by atoms with E-state index in [2.05, 4.69) is 5.32 Å². The Labute approximate surface area is 205 Å². The molecule has 10 heteroatoms. The Morgan fingerprint density at radius 2 is 1.74 bits per heavy atom. The molecule has 0 bridgehead atoms. The van der Waals surface area contributed by atoms with Gasteiger partial charge in [-0.15, -0.1) is 0 Å². The maximum Gasteiger partial charge on any atom is 0.309 e. The number of benzene rings is 2. The van der Waals surface area contributed by atoms with Crippen molar-refractivity contribution in [2.75, 3.05) is 29.9 Å². The van der Waals surface area contributed by atoms with Gasteiger partial charge < -0.3 is 10.1 Å². The summed E-state index contributed by atoms with van der Waals surface area (Å²) in [5.41, 5.74) is 2.98. The summed E-state index contributed by atoms with van der Waals surface area (Å²) in [6.45, 7) is 5.50. The standard InChI is InChI=1S/C25H29N3O6S/c1-16-8-9-20(14-17(16)2)35(32,33)27-12-10-19(11-13-27)25(31)34-18(3)24(30)28-15-23(29)26-21-6-4-5-7-22(21)28/h4-9,14,18-19H,10-13,15H2,1-3H3,(H,26,29). The van der Waals surface area contributed by atoms with Gasteiger partial charge in [-0.3, -0.25) is 19.3 Å². The van der Waals surface area contributed by atoms with Crippen LogP contribution in [0.1, 0.15) is 30.9 Å². The first kappa shape index (κ1) is 24.9. The van der Waals surface area contributed by atoms with Gasteiger partial charge in [0.1, 0.15) is 6.54 Å². The number of esters is 1. The molecule has 0 aromatic heterocycles. The summed E-state index contributed by atoms with van der Waals surface area (Å²) in [6, 6.07) is 12.0. The highest BCUT2D eigenvalue weighted by molar-refractivity contribution is 7.89. The second-order valence-corrected chi connectivity index (χ2v) is 10.9. The lowest BCUT2D eigenvalue weighted by Gasteiger charge is -2.32. The predicted molar refractivity (Wildman–Crippen MR) is 130 cm³/mol. The Kier molecular flexibility index (Phi) is 6.95. The third kappa shape index (κ3) is 5.08. The normalized spacial score (nSPS) is 17.9. The van der Waals surface area contributed by atoms with Gasteiger partial charge in [-0.25, -0.2) is 8.42 Å². The van der Waals surface area contributed by atoms with Crippen LogP contribution in [0.3, 0.4) is 0 Å². The number of aryl methyl sites for hydroxylation is 2. The molecule has 1 N–H and O–H groups in total. The minimum absolute atomic E-state index is 0.160. The second kappa shape index (κ2) is 9.79. The number of carbonyl (C=O) groups excluding carboxylic acids is 3. The maximum atomic E-state index is 13.0. The van der Waals surface area contributed by atoms with Crippen LogP contribution < -0.4 is 10.2 Å². The molecule has 2 amide bonds. The van der Waals surface area contributed by atoms with Gasteiger partial charge in [-0.2, -0.15) is 4.31 Å². The molecule has 2 heterocycles. The van der Waals surface area contributed by atoms with Crippen molar-refractivity contribution in [2.24, 2.45) is 5.92 Å². The van der Waals surface area contributed by atoms with Crippen LogP contribution >= 0.6 is 0 Å². The Balaban J connectivity index is 1.36. The van der Waals surface area contributed by atoms with Crippen LogP contribution in [0, 0.1) is 19.8 Å². The van der Waals surface area contributed by atoms with Crippen LogP contribution in [0.2, 0.25) is 0 Å². The lowest BCUT2D eigenvalue weighted by atomic mass is 9.98. The summed E-state index contributed by atoms with van der Waals surface area (Å²) >= 11 is 0. The molecule has 35 heavy (non-hydrogen) atoms. The molecule has 0 spiro atoms. The summed E-state index contributed by atoms with van der Waals surface area (Å²) in [7, 11) is -3.65. The van der Waals surface area contributed by atoms with Crippen molar-refractivity contribution >= 4 is 39.2 Å². The van der Waals surface area contributed by atoms with E-state index < -0.39 is 33.9 Å². The van der Waals surface area contributed by atoms with Gasteiger partial charge in [-0.1, -0.05) is 18.2 Å². The molecule has 1 unspecified atom stereocenters. The first-order valence-corrected chi connectivity index (χ1v) is 13.0. The topological polar surface area (TPSA) is 113 Å². The molecule has 0 saturated carbocycles. The minimum atomic E-state index is -3.65. The smallest absolute Gasteiger partial charge is 0.309 e. The lowest BCUT2D eigenvalue weighted by molar-refractivity contribution is -0.159. The number of sulfonamides is 1. The third-order valence-corrected chi connectivity index (χ3v) is 8.48. The van der Waals surface area contributed by atoms with Crippen molar-refractivity contribution in [3.63, 3.8) is 0 Å². The molecule has 2 aliphatic heterocycles. The summed E-state index contributed by atoms with van der Waals surface area (Å²) in [5, 5.41) is 2.72. The zero-order valence-electron chi connectivity index (χ0n) is 20.0. The highest BCUT2D eigenvalue weighted by atomic mass is 32.2. The number of amides is 2. The van der Waals surface area contributed by atoms with E-state index in [9.17, 15) is 22.8 Å². The minimum Gasteiger partial charge on any atom is -0.452 e. The van der Waals surface area contributed by atoms with Crippen molar-refractivity contribution in [1.29, 1.82) is 0 Å². The molecule has 9 nitrogen and oxygen atoms in total. The highest BCUT2D eigenvalue weighted by Crippen LogP contribution is 2.30. The largest absolute Gasteiger partial charge is 0.452 e. The number of hydrogen-bond acceptors (Lipinski definition) is 6. The third-order valence-electron chi connectivity index (χ3n) is 6.58. The number of anilines is 2. The van der Waals surface area contributed by atoms with Crippen molar-refractivity contribution in [1.82, 2.24) is 4.31 Å². The average molecular weight is 500 g/mol. The van der Waals surface area contributed by atoms with Gasteiger partial charge in [0, 0.05) is 13.1 Å². The Hall–Kier alpha value is -3.24. The molecular formula is C25H29N3O6S. The van der Waals surface area contributed by atoms with E-state index in [0.717, 1.165) is 11.1 Å². The van der Waals surface area contributed by atoms with Crippen LogP contribution in [0.5, 0.6) is 0 Å². The van der Waals surface area contributed by atoms with E-state index >= 15 is 0 Å². The highest BCUT2D eigenvalue weighted by Gasteiger charge is 2.36. The van der Waals surface area contributed by atoms with Gasteiger partial charge in [0.25, 0.3) is 5.91 Å². The van der Waals surface area contributed by atoms with Gasteiger partial charge in [0.05, 0.1) is 22.2 Å². The number of fused-ring (bicyclic) bond motifs is 1. The van der Waals surface area contributed by atoms with Crippen molar-refractivity contribution in [3.05, 3.63) is 53.6 Å². The van der Waals surface area contributed by atoms with E-state index in [0.29, 0.717) is 24.2 Å². The average Bonchev–Trinajstić information content (AvgIpc) is 2.84. The number of ether oxygens (including phenoxy) is 1. The Morgan fingerprint density at radius 3 is 2.43 bits per heavy atom. The molecule has 2 aromatic carbocycles. The van der Waals surface area contributed by atoms with E-state index in [4.69, 9.17) is 4.74 Å². The number of rotatable bonds is 5.